The zero-order valence-corrected chi connectivity index (χ0v) is 11.2. The van der Waals surface area contributed by atoms with E-state index in [0.29, 0.717) is 5.56 Å². The molecule has 0 radical (unpaired) electrons. The van der Waals surface area contributed by atoms with Crippen molar-refractivity contribution in [2.45, 2.75) is 19.5 Å². The molecule has 1 N–H and O–H groups in total. The van der Waals surface area contributed by atoms with E-state index in [1.807, 2.05) is 24.3 Å². The van der Waals surface area contributed by atoms with Gasteiger partial charge in [-0.2, -0.15) is 0 Å². The zero-order chi connectivity index (χ0) is 12.7. The summed E-state index contributed by atoms with van der Waals surface area (Å²) in [7, 11) is 0. The van der Waals surface area contributed by atoms with Crippen LogP contribution in [0.4, 0.5) is 0 Å². The normalized spacial score (nSPS) is 22.8. The average molecular weight is 311 g/mol. The summed E-state index contributed by atoms with van der Waals surface area (Å²) in [5, 5.41) is 2.90. The molecule has 1 fully saturated rings. The van der Waals surface area contributed by atoms with E-state index in [1.165, 1.54) is 4.68 Å². The number of ether oxygens (including phenoxy) is 2. The monoisotopic (exact) mass is 310 g/mol. The SMILES string of the molecule is CC1OC(c2c[nH]n(-c3cccc(Br)c3)c2=O)O1. The van der Waals surface area contributed by atoms with Gasteiger partial charge >= 0.3 is 0 Å². The first-order valence-corrected chi connectivity index (χ1v) is 6.31. The van der Waals surface area contributed by atoms with Crippen LogP contribution in [0.3, 0.4) is 0 Å². The number of nitrogens with zero attached hydrogens (tertiary/aromatic N) is 1. The van der Waals surface area contributed by atoms with Crippen LogP contribution in [0.25, 0.3) is 5.69 Å². The molecule has 2 heterocycles. The molecule has 0 spiro atoms. The molecule has 2 aromatic rings. The summed E-state index contributed by atoms with van der Waals surface area (Å²) >= 11 is 3.37. The number of halogens is 1. The molecule has 1 saturated heterocycles. The van der Waals surface area contributed by atoms with Crippen LogP contribution >= 0.6 is 15.9 Å². The second-order valence-electron chi connectivity index (χ2n) is 4.02. The van der Waals surface area contributed by atoms with E-state index in [-0.39, 0.29) is 11.8 Å². The van der Waals surface area contributed by atoms with E-state index in [2.05, 4.69) is 21.0 Å². The number of rotatable bonds is 2. The lowest BCUT2D eigenvalue weighted by atomic mass is 10.3. The largest absolute Gasteiger partial charge is 0.319 e. The molecule has 0 aliphatic carbocycles. The van der Waals surface area contributed by atoms with Gasteiger partial charge in [0.1, 0.15) is 0 Å². The molecule has 0 amide bonds. The van der Waals surface area contributed by atoms with Gasteiger partial charge in [0.25, 0.3) is 5.56 Å². The molecule has 1 aliphatic heterocycles. The zero-order valence-electron chi connectivity index (χ0n) is 9.59. The van der Waals surface area contributed by atoms with Gasteiger partial charge in [0.15, 0.2) is 12.6 Å². The van der Waals surface area contributed by atoms with Gasteiger partial charge in [-0.25, -0.2) is 4.68 Å². The van der Waals surface area contributed by atoms with Crippen LogP contribution in [0.1, 0.15) is 18.8 Å². The smallest absolute Gasteiger partial charge is 0.279 e. The topological polar surface area (TPSA) is 56.2 Å². The maximum atomic E-state index is 12.2. The van der Waals surface area contributed by atoms with E-state index in [0.717, 1.165) is 10.2 Å². The molecule has 5 nitrogen and oxygen atoms in total. The maximum absolute atomic E-state index is 12.2. The molecule has 1 aromatic carbocycles. The van der Waals surface area contributed by atoms with E-state index < -0.39 is 6.29 Å². The minimum absolute atomic E-state index is 0.162. The molecular weight excluding hydrogens is 300 g/mol. The van der Waals surface area contributed by atoms with E-state index >= 15 is 0 Å². The number of aromatic amines is 1. The Kier molecular flexibility index (Phi) is 2.85. The van der Waals surface area contributed by atoms with Gasteiger partial charge in [-0.05, 0) is 25.1 Å². The minimum Gasteiger partial charge on any atom is -0.319 e. The van der Waals surface area contributed by atoms with Crippen molar-refractivity contribution in [3.05, 3.63) is 50.9 Å². The molecule has 6 heteroatoms. The van der Waals surface area contributed by atoms with Crippen molar-refractivity contribution < 1.29 is 9.47 Å². The molecule has 1 aromatic heterocycles. The summed E-state index contributed by atoms with van der Waals surface area (Å²) in [6.07, 6.45) is 0.806. The summed E-state index contributed by atoms with van der Waals surface area (Å²) in [4.78, 5) is 12.2. The van der Waals surface area contributed by atoms with Crippen LogP contribution in [-0.4, -0.2) is 16.1 Å². The van der Waals surface area contributed by atoms with E-state index in [1.54, 1.807) is 13.1 Å². The third-order valence-corrected chi connectivity index (χ3v) is 3.24. The summed E-state index contributed by atoms with van der Waals surface area (Å²) in [5.41, 5.74) is 1.08. The lowest BCUT2D eigenvalue weighted by Gasteiger charge is -2.32. The maximum Gasteiger partial charge on any atom is 0.279 e. The van der Waals surface area contributed by atoms with Crippen LogP contribution < -0.4 is 5.56 Å². The third-order valence-electron chi connectivity index (χ3n) is 2.75. The summed E-state index contributed by atoms with van der Waals surface area (Å²) in [6, 6.07) is 7.47. The van der Waals surface area contributed by atoms with Gasteiger partial charge in [0.05, 0.1) is 11.3 Å². The van der Waals surface area contributed by atoms with Crippen LogP contribution in [-0.2, 0) is 9.47 Å². The van der Waals surface area contributed by atoms with Crippen molar-refractivity contribution in [2.24, 2.45) is 0 Å². The fraction of sp³-hybridized carbons (Fsp3) is 0.250. The lowest BCUT2D eigenvalue weighted by molar-refractivity contribution is -0.382. The van der Waals surface area contributed by atoms with Crippen molar-refractivity contribution in [3.8, 4) is 5.69 Å². The van der Waals surface area contributed by atoms with Crippen LogP contribution in [0.5, 0.6) is 0 Å². The highest BCUT2D eigenvalue weighted by Crippen LogP contribution is 2.29. The minimum atomic E-state index is -0.558. The van der Waals surface area contributed by atoms with Gasteiger partial charge in [0.2, 0.25) is 0 Å². The van der Waals surface area contributed by atoms with E-state index in [9.17, 15) is 4.79 Å². The number of nitrogens with one attached hydrogen (secondary N) is 1. The Hall–Kier alpha value is -1.37. The Morgan fingerprint density at radius 1 is 1.39 bits per heavy atom. The first-order valence-electron chi connectivity index (χ1n) is 5.52. The fourth-order valence-electron chi connectivity index (χ4n) is 1.86. The predicted molar refractivity (Wildman–Crippen MR) is 68.5 cm³/mol. The molecular formula is C12H11BrN2O3. The summed E-state index contributed by atoms with van der Waals surface area (Å²) in [6.45, 7) is 1.79. The van der Waals surface area contributed by atoms with Crippen molar-refractivity contribution in [1.82, 2.24) is 9.78 Å². The third kappa shape index (κ3) is 1.92. The average Bonchev–Trinajstić information content (AvgIpc) is 2.67. The molecule has 0 bridgehead atoms. The van der Waals surface area contributed by atoms with Crippen molar-refractivity contribution in [2.75, 3.05) is 0 Å². The quantitative estimate of drug-likeness (QED) is 0.926. The summed E-state index contributed by atoms with van der Waals surface area (Å²) in [5.74, 6) is 0. The number of hydrogen-bond acceptors (Lipinski definition) is 3. The van der Waals surface area contributed by atoms with Gasteiger partial charge < -0.3 is 9.47 Å². The van der Waals surface area contributed by atoms with Crippen molar-refractivity contribution >= 4 is 15.9 Å². The fourth-order valence-corrected chi connectivity index (χ4v) is 2.25. The highest BCUT2D eigenvalue weighted by Gasteiger charge is 2.31. The Balaban J connectivity index is 1.97. The van der Waals surface area contributed by atoms with Crippen LogP contribution in [0, 0.1) is 0 Å². The number of H-pyrrole nitrogens is 1. The van der Waals surface area contributed by atoms with Gasteiger partial charge in [-0.15, -0.1) is 0 Å². The molecule has 94 valence electrons. The van der Waals surface area contributed by atoms with Crippen molar-refractivity contribution in [1.29, 1.82) is 0 Å². The molecule has 1 aliphatic rings. The second kappa shape index (κ2) is 4.38. The van der Waals surface area contributed by atoms with Crippen LogP contribution in [0.2, 0.25) is 0 Å². The Bertz CT molecular complexity index is 628. The Morgan fingerprint density at radius 2 is 2.17 bits per heavy atom. The van der Waals surface area contributed by atoms with Gasteiger partial charge in [0, 0.05) is 10.7 Å². The molecule has 3 rings (SSSR count). The van der Waals surface area contributed by atoms with E-state index in [4.69, 9.17) is 9.47 Å². The van der Waals surface area contributed by atoms with Gasteiger partial charge in [-0.3, -0.25) is 9.89 Å². The number of hydrogen-bond donors (Lipinski definition) is 1. The molecule has 18 heavy (non-hydrogen) atoms. The molecule has 0 atom stereocenters. The van der Waals surface area contributed by atoms with Gasteiger partial charge in [-0.1, -0.05) is 22.0 Å². The standard InChI is InChI=1S/C12H11BrN2O3/c1-7-17-12(18-7)10-6-14-15(11(10)16)9-4-2-3-8(13)5-9/h2-7,12,14H,1H3. The number of aromatic nitrogens is 2. The van der Waals surface area contributed by atoms with Crippen molar-refractivity contribution in [3.63, 3.8) is 0 Å². The molecule has 0 saturated carbocycles. The summed E-state index contributed by atoms with van der Waals surface area (Å²) < 4.78 is 13.0. The highest BCUT2D eigenvalue weighted by atomic mass is 79.9. The first kappa shape index (κ1) is 11.7. The number of benzene rings is 1. The second-order valence-corrected chi connectivity index (χ2v) is 4.94. The first-order chi connectivity index (χ1) is 8.65. The Labute approximate surface area is 111 Å². The van der Waals surface area contributed by atoms with Crippen LogP contribution in [0.15, 0.2) is 39.7 Å². The lowest BCUT2D eigenvalue weighted by Crippen LogP contribution is -2.34. The highest BCUT2D eigenvalue weighted by molar-refractivity contribution is 9.10. The molecule has 0 unspecified atom stereocenters. The predicted octanol–water partition coefficient (Wildman–Crippen LogP) is 2.32. The Morgan fingerprint density at radius 3 is 2.83 bits per heavy atom.